The van der Waals surface area contributed by atoms with Gasteiger partial charge in [-0.15, -0.1) is 0 Å². The van der Waals surface area contributed by atoms with E-state index in [1.807, 2.05) is 12.1 Å². The normalized spacial score (nSPS) is 30.9. The van der Waals surface area contributed by atoms with Gasteiger partial charge in [0.15, 0.2) is 0 Å². The Morgan fingerprint density at radius 3 is 2.86 bits per heavy atom. The minimum Gasteiger partial charge on any atom is -0.481 e. The molecule has 1 saturated carbocycles. The predicted octanol–water partition coefficient (Wildman–Crippen LogP) is 0.399. The van der Waals surface area contributed by atoms with Crippen molar-refractivity contribution in [3.05, 3.63) is 23.9 Å². The van der Waals surface area contributed by atoms with E-state index in [0.29, 0.717) is 18.7 Å². The number of aliphatic hydroxyl groups excluding tert-OH is 1. The molecule has 0 bridgehead atoms. The zero-order valence-electron chi connectivity index (χ0n) is 8.10. The van der Waals surface area contributed by atoms with E-state index in [9.17, 15) is 5.11 Å². The summed E-state index contributed by atoms with van der Waals surface area (Å²) in [5.41, 5.74) is 6.39. The molecule has 0 amide bonds. The van der Waals surface area contributed by atoms with Gasteiger partial charge in [0.25, 0.3) is 0 Å². The van der Waals surface area contributed by atoms with Gasteiger partial charge in [-0.25, -0.2) is 4.98 Å². The average Bonchev–Trinajstić information content (AvgIpc) is 2.16. The fourth-order valence-corrected chi connectivity index (χ4v) is 1.80. The Kier molecular flexibility index (Phi) is 2.17. The van der Waals surface area contributed by atoms with Crippen molar-refractivity contribution in [3.8, 4) is 5.88 Å². The van der Waals surface area contributed by atoms with Gasteiger partial charge in [0.1, 0.15) is 0 Å². The van der Waals surface area contributed by atoms with Crippen LogP contribution >= 0.6 is 0 Å². The summed E-state index contributed by atoms with van der Waals surface area (Å²) in [6.07, 6.45) is 0.869. The summed E-state index contributed by atoms with van der Waals surface area (Å²) in [4.78, 5) is 4.26. The average molecular weight is 194 g/mol. The lowest BCUT2D eigenvalue weighted by Gasteiger charge is -2.41. The van der Waals surface area contributed by atoms with Crippen LogP contribution in [0.4, 0.5) is 0 Å². The molecule has 1 aromatic rings. The quantitative estimate of drug-likeness (QED) is 0.715. The maximum atomic E-state index is 9.23. The van der Waals surface area contributed by atoms with Gasteiger partial charge < -0.3 is 15.6 Å². The highest BCUT2D eigenvalue weighted by Gasteiger charge is 2.42. The summed E-state index contributed by atoms with van der Waals surface area (Å²) in [6.45, 7) is 0. The monoisotopic (exact) mass is 194 g/mol. The van der Waals surface area contributed by atoms with E-state index < -0.39 is 5.54 Å². The molecular formula is C10H14N2O2. The Morgan fingerprint density at radius 1 is 1.57 bits per heavy atom. The summed E-state index contributed by atoms with van der Waals surface area (Å²) >= 11 is 0. The molecule has 0 saturated heterocycles. The molecule has 0 atom stereocenters. The van der Waals surface area contributed by atoms with Crippen molar-refractivity contribution in [1.29, 1.82) is 0 Å². The first-order chi connectivity index (χ1) is 6.64. The summed E-state index contributed by atoms with van der Waals surface area (Å²) in [7, 11) is 1.57. The molecule has 0 radical (unpaired) electrons. The molecule has 2 rings (SSSR count). The van der Waals surface area contributed by atoms with Crippen molar-refractivity contribution in [2.75, 3.05) is 7.11 Å². The van der Waals surface area contributed by atoms with Crippen molar-refractivity contribution < 1.29 is 9.84 Å². The Bertz CT molecular complexity index is 335. The second-order valence-corrected chi connectivity index (χ2v) is 3.78. The lowest BCUT2D eigenvalue weighted by Crippen LogP contribution is -2.52. The summed E-state index contributed by atoms with van der Waals surface area (Å²) in [5.74, 6) is 0.564. The van der Waals surface area contributed by atoms with Gasteiger partial charge in [-0.2, -0.15) is 0 Å². The lowest BCUT2D eigenvalue weighted by molar-refractivity contribution is 0.0186. The largest absolute Gasteiger partial charge is 0.481 e. The van der Waals surface area contributed by atoms with Crippen molar-refractivity contribution in [3.63, 3.8) is 0 Å². The summed E-state index contributed by atoms with van der Waals surface area (Å²) in [6, 6.07) is 5.51. The minimum atomic E-state index is -0.464. The van der Waals surface area contributed by atoms with Gasteiger partial charge in [-0.05, 0) is 18.9 Å². The first kappa shape index (κ1) is 9.43. The maximum absolute atomic E-state index is 9.23. The standard InChI is InChI=1S/C10H14N2O2/c1-14-9-4-2-3-8(12-9)10(11)5-7(13)6-10/h2-4,7,13H,5-6,11H2,1H3. The Morgan fingerprint density at radius 2 is 2.29 bits per heavy atom. The number of rotatable bonds is 2. The molecule has 0 spiro atoms. The molecule has 3 N–H and O–H groups in total. The number of methoxy groups -OCH3 is 1. The molecule has 76 valence electrons. The molecule has 1 aliphatic carbocycles. The maximum Gasteiger partial charge on any atom is 0.213 e. The van der Waals surface area contributed by atoms with Gasteiger partial charge in [0, 0.05) is 6.07 Å². The molecule has 4 nitrogen and oxygen atoms in total. The van der Waals surface area contributed by atoms with Crippen molar-refractivity contribution >= 4 is 0 Å². The third kappa shape index (κ3) is 1.47. The number of hydrogen-bond acceptors (Lipinski definition) is 4. The van der Waals surface area contributed by atoms with Gasteiger partial charge in [-0.3, -0.25) is 0 Å². The number of pyridine rings is 1. The number of nitrogens with zero attached hydrogens (tertiary/aromatic N) is 1. The van der Waals surface area contributed by atoms with Crippen LogP contribution in [0.1, 0.15) is 18.5 Å². The predicted molar refractivity (Wildman–Crippen MR) is 51.9 cm³/mol. The van der Waals surface area contributed by atoms with Crippen molar-refractivity contribution in [1.82, 2.24) is 4.98 Å². The SMILES string of the molecule is COc1cccc(C2(N)CC(O)C2)n1. The highest BCUT2D eigenvalue weighted by atomic mass is 16.5. The van der Waals surface area contributed by atoms with Crippen molar-refractivity contribution in [2.24, 2.45) is 5.73 Å². The van der Waals surface area contributed by atoms with Crippen LogP contribution in [-0.2, 0) is 5.54 Å². The summed E-state index contributed by atoms with van der Waals surface area (Å²) < 4.78 is 5.02. The number of aromatic nitrogens is 1. The molecule has 1 aliphatic rings. The topological polar surface area (TPSA) is 68.4 Å². The number of aliphatic hydroxyl groups is 1. The molecule has 0 aliphatic heterocycles. The smallest absolute Gasteiger partial charge is 0.213 e. The highest BCUT2D eigenvalue weighted by molar-refractivity contribution is 5.24. The van der Waals surface area contributed by atoms with E-state index >= 15 is 0 Å². The third-order valence-electron chi connectivity index (χ3n) is 2.64. The van der Waals surface area contributed by atoms with E-state index in [4.69, 9.17) is 10.5 Å². The number of ether oxygens (including phenoxy) is 1. The summed E-state index contributed by atoms with van der Waals surface area (Å²) in [5, 5.41) is 9.23. The molecule has 4 heteroatoms. The van der Waals surface area contributed by atoms with E-state index in [0.717, 1.165) is 5.69 Å². The van der Waals surface area contributed by atoms with Crippen LogP contribution in [0.5, 0.6) is 5.88 Å². The second kappa shape index (κ2) is 3.22. The fraction of sp³-hybridized carbons (Fsp3) is 0.500. The van der Waals surface area contributed by atoms with Gasteiger partial charge >= 0.3 is 0 Å². The van der Waals surface area contributed by atoms with E-state index in [2.05, 4.69) is 4.98 Å². The Balaban J connectivity index is 2.24. The van der Waals surface area contributed by atoms with Gasteiger partial charge in [0.2, 0.25) is 5.88 Å². The minimum absolute atomic E-state index is 0.284. The Labute approximate surface area is 82.7 Å². The van der Waals surface area contributed by atoms with E-state index in [1.165, 1.54) is 0 Å². The molecule has 14 heavy (non-hydrogen) atoms. The van der Waals surface area contributed by atoms with Crippen LogP contribution in [0.25, 0.3) is 0 Å². The van der Waals surface area contributed by atoms with Crippen molar-refractivity contribution in [2.45, 2.75) is 24.5 Å². The second-order valence-electron chi connectivity index (χ2n) is 3.78. The van der Waals surface area contributed by atoms with Gasteiger partial charge in [0.05, 0.1) is 24.4 Å². The van der Waals surface area contributed by atoms with E-state index in [1.54, 1.807) is 13.2 Å². The number of hydrogen-bond donors (Lipinski definition) is 2. The fourth-order valence-electron chi connectivity index (χ4n) is 1.80. The van der Waals surface area contributed by atoms with Crippen LogP contribution in [-0.4, -0.2) is 23.3 Å². The number of nitrogens with two attached hydrogens (primary N) is 1. The molecule has 1 heterocycles. The molecule has 0 unspecified atom stereocenters. The third-order valence-corrected chi connectivity index (χ3v) is 2.64. The first-order valence-corrected chi connectivity index (χ1v) is 4.62. The zero-order valence-corrected chi connectivity index (χ0v) is 8.10. The van der Waals surface area contributed by atoms with Crippen LogP contribution in [0.2, 0.25) is 0 Å². The highest BCUT2D eigenvalue weighted by Crippen LogP contribution is 2.38. The molecule has 1 fully saturated rings. The van der Waals surface area contributed by atoms with Crippen LogP contribution in [0.3, 0.4) is 0 Å². The molecule has 0 aromatic carbocycles. The van der Waals surface area contributed by atoms with E-state index in [-0.39, 0.29) is 6.10 Å². The zero-order chi connectivity index (χ0) is 10.2. The Hall–Kier alpha value is -1.13. The molecular weight excluding hydrogens is 180 g/mol. The van der Waals surface area contributed by atoms with Crippen LogP contribution in [0, 0.1) is 0 Å². The van der Waals surface area contributed by atoms with Gasteiger partial charge in [-0.1, -0.05) is 6.07 Å². The lowest BCUT2D eigenvalue weighted by atomic mass is 9.73. The molecule has 1 aromatic heterocycles. The van der Waals surface area contributed by atoms with Crippen LogP contribution in [0.15, 0.2) is 18.2 Å². The first-order valence-electron chi connectivity index (χ1n) is 4.62. The van der Waals surface area contributed by atoms with Crippen LogP contribution < -0.4 is 10.5 Å².